The number of benzene rings is 1. The minimum atomic E-state index is 0.365. The third-order valence-corrected chi connectivity index (χ3v) is 4.89. The van der Waals surface area contributed by atoms with E-state index in [4.69, 9.17) is 5.11 Å². The van der Waals surface area contributed by atoms with Crippen LogP contribution in [0.5, 0.6) is 0 Å². The molecule has 0 aromatic heterocycles. The second-order valence-corrected chi connectivity index (χ2v) is 7.28. The van der Waals surface area contributed by atoms with Crippen LogP contribution < -0.4 is 0 Å². The highest BCUT2D eigenvalue weighted by atomic mass is 16.2. The lowest BCUT2D eigenvalue weighted by Gasteiger charge is -2.03. The van der Waals surface area contributed by atoms with E-state index in [9.17, 15) is 0 Å². The lowest BCUT2D eigenvalue weighted by Crippen LogP contribution is -1.85. The Balaban J connectivity index is 1.74. The van der Waals surface area contributed by atoms with Gasteiger partial charge < -0.3 is 5.11 Å². The molecule has 0 bridgehead atoms. The number of aliphatic hydroxyl groups excluding tert-OH is 1. The van der Waals surface area contributed by atoms with Crippen molar-refractivity contribution in [3.05, 3.63) is 42.0 Å². The Kier molecular flexibility index (Phi) is 15.6. The molecule has 0 fully saturated rings. The summed E-state index contributed by atoms with van der Waals surface area (Å²) in [4.78, 5) is 0. The van der Waals surface area contributed by atoms with E-state index in [0.29, 0.717) is 6.61 Å². The van der Waals surface area contributed by atoms with Gasteiger partial charge in [0.25, 0.3) is 0 Å². The van der Waals surface area contributed by atoms with E-state index < -0.39 is 0 Å². The zero-order valence-corrected chi connectivity index (χ0v) is 16.3. The average Bonchev–Trinajstić information content (AvgIpc) is 2.65. The Morgan fingerprint density at radius 1 is 0.560 bits per heavy atom. The van der Waals surface area contributed by atoms with Gasteiger partial charge in [-0.3, -0.25) is 0 Å². The van der Waals surface area contributed by atoms with Gasteiger partial charge in [-0.05, 0) is 24.8 Å². The molecule has 1 heteroatoms. The number of aliphatic hydroxyl groups is 1. The van der Waals surface area contributed by atoms with Gasteiger partial charge in [-0.25, -0.2) is 0 Å². The Labute approximate surface area is 156 Å². The SMILES string of the molecule is OCCCCCCCCCCCCCCCCC=Cc1ccccc1. The smallest absolute Gasteiger partial charge is 0.0431 e. The minimum Gasteiger partial charge on any atom is -0.396 e. The average molecular weight is 345 g/mol. The van der Waals surface area contributed by atoms with Crippen molar-refractivity contribution in [1.29, 1.82) is 0 Å². The number of hydrogen-bond donors (Lipinski definition) is 1. The summed E-state index contributed by atoms with van der Waals surface area (Å²) in [6, 6.07) is 10.6. The molecular formula is C24H40O. The molecule has 0 saturated heterocycles. The third kappa shape index (κ3) is 14.9. The standard InChI is InChI=1S/C24H40O/c25-23-19-14-12-10-8-6-4-2-1-3-5-7-9-11-13-16-20-24-21-17-15-18-22-24/h15-18,20-22,25H,1-14,19,23H2. The van der Waals surface area contributed by atoms with Crippen molar-refractivity contribution in [2.45, 2.75) is 96.3 Å². The molecule has 0 spiro atoms. The van der Waals surface area contributed by atoms with Crippen LogP contribution in [-0.4, -0.2) is 11.7 Å². The Morgan fingerprint density at radius 3 is 1.48 bits per heavy atom. The first kappa shape index (κ1) is 22.0. The van der Waals surface area contributed by atoms with Gasteiger partial charge in [0.05, 0.1) is 0 Å². The monoisotopic (exact) mass is 344 g/mol. The topological polar surface area (TPSA) is 20.2 Å². The summed E-state index contributed by atoms with van der Waals surface area (Å²) in [5.41, 5.74) is 1.31. The lowest BCUT2D eigenvalue weighted by atomic mass is 10.0. The van der Waals surface area contributed by atoms with Crippen LogP contribution in [0, 0.1) is 0 Å². The van der Waals surface area contributed by atoms with Crippen LogP contribution in [0.1, 0.15) is 102 Å². The molecule has 1 nitrogen and oxygen atoms in total. The highest BCUT2D eigenvalue weighted by molar-refractivity contribution is 5.48. The predicted octanol–water partition coefficient (Wildman–Crippen LogP) is 7.54. The van der Waals surface area contributed by atoms with Crippen LogP contribution in [0.15, 0.2) is 36.4 Å². The molecule has 0 heterocycles. The van der Waals surface area contributed by atoms with Crippen LogP contribution in [0.3, 0.4) is 0 Å². The molecule has 1 aromatic rings. The molecule has 1 rings (SSSR count). The van der Waals surface area contributed by atoms with Crippen molar-refractivity contribution in [2.24, 2.45) is 0 Å². The fraction of sp³-hybridized carbons (Fsp3) is 0.667. The van der Waals surface area contributed by atoms with Crippen molar-refractivity contribution in [1.82, 2.24) is 0 Å². The summed E-state index contributed by atoms with van der Waals surface area (Å²) >= 11 is 0. The molecule has 0 aliphatic heterocycles. The normalized spacial score (nSPS) is 11.4. The fourth-order valence-corrected chi connectivity index (χ4v) is 3.28. The first-order valence-corrected chi connectivity index (χ1v) is 10.8. The Bertz CT molecular complexity index is 396. The molecule has 0 amide bonds. The second-order valence-electron chi connectivity index (χ2n) is 7.28. The van der Waals surface area contributed by atoms with E-state index in [1.807, 2.05) is 0 Å². The van der Waals surface area contributed by atoms with Crippen molar-refractivity contribution in [3.8, 4) is 0 Å². The minimum absolute atomic E-state index is 0.365. The highest BCUT2D eigenvalue weighted by Gasteiger charge is 1.94. The van der Waals surface area contributed by atoms with Crippen LogP contribution in [0.25, 0.3) is 6.08 Å². The molecular weight excluding hydrogens is 304 g/mol. The summed E-state index contributed by atoms with van der Waals surface area (Å²) in [6.07, 6.45) is 24.7. The molecule has 0 unspecified atom stereocenters. The van der Waals surface area contributed by atoms with Gasteiger partial charge in [0.15, 0.2) is 0 Å². The first-order chi connectivity index (χ1) is 12.4. The van der Waals surface area contributed by atoms with Crippen molar-refractivity contribution >= 4 is 6.08 Å². The molecule has 0 radical (unpaired) electrons. The molecule has 25 heavy (non-hydrogen) atoms. The van der Waals surface area contributed by atoms with Crippen molar-refractivity contribution < 1.29 is 5.11 Å². The van der Waals surface area contributed by atoms with Crippen LogP contribution in [0.2, 0.25) is 0 Å². The van der Waals surface area contributed by atoms with Gasteiger partial charge in [0.2, 0.25) is 0 Å². The van der Waals surface area contributed by atoms with Gasteiger partial charge >= 0.3 is 0 Å². The van der Waals surface area contributed by atoms with Gasteiger partial charge in [0, 0.05) is 6.61 Å². The predicted molar refractivity (Wildman–Crippen MR) is 112 cm³/mol. The van der Waals surface area contributed by atoms with Crippen LogP contribution in [0.4, 0.5) is 0 Å². The van der Waals surface area contributed by atoms with E-state index in [1.54, 1.807) is 0 Å². The Morgan fingerprint density at radius 2 is 1.00 bits per heavy atom. The molecule has 0 aliphatic carbocycles. The molecule has 1 N–H and O–H groups in total. The largest absolute Gasteiger partial charge is 0.396 e. The maximum Gasteiger partial charge on any atom is 0.0431 e. The molecule has 142 valence electrons. The van der Waals surface area contributed by atoms with E-state index in [0.717, 1.165) is 6.42 Å². The number of allylic oxidation sites excluding steroid dienone is 1. The third-order valence-electron chi connectivity index (χ3n) is 4.89. The van der Waals surface area contributed by atoms with Crippen molar-refractivity contribution in [2.75, 3.05) is 6.61 Å². The number of rotatable bonds is 17. The van der Waals surface area contributed by atoms with Crippen molar-refractivity contribution in [3.63, 3.8) is 0 Å². The van der Waals surface area contributed by atoms with Gasteiger partial charge in [-0.2, -0.15) is 0 Å². The maximum absolute atomic E-state index is 8.72. The zero-order valence-electron chi connectivity index (χ0n) is 16.3. The quantitative estimate of drug-likeness (QED) is 0.289. The Hall–Kier alpha value is -1.08. The molecule has 1 aromatic carbocycles. The van der Waals surface area contributed by atoms with Gasteiger partial charge in [0.1, 0.15) is 0 Å². The molecule has 0 atom stereocenters. The summed E-state index contributed by atoms with van der Waals surface area (Å²) in [6.45, 7) is 0.365. The van der Waals surface area contributed by atoms with E-state index in [-0.39, 0.29) is 0 Å². The summed E-state index contributed by atoms with van der Waals surface area (Å²) in [7, 11) is 0. The van der Waals surface area contributed by atoms with E-state index in [2.05, 4.69) is 42.5 Å². The van der Waals surface area contributed by atoms with E-state index >= 15 is 0 Å². The number of unbranched alkanes of at least 4 members (excludes halogenated alkanes) is 14. The summed E-state index contributed by atoms with van der Waals surface area (Å²) < 4.78 is 0. The van der Waals surface area contributed by atoms with Crippen LogP contribution in [-0.2, 0) is 0 Å². The maximum atomic E-state index is 8.72. The van der Waals surface area contributed by atoms with E-state index in [1.165, 1.54) is 95.5 Å². The lowest BCUT2D eigenvalue weighted by molar-refractivity contribution is 0.282. The molecule has 0 saturated carbocycles. The highest BCUT2D eigenvalue weighted by Crippen LogP contribution is 2.13. The second kappa shape index (κ2) is 17.7. The van der Waals surface area contributed by atoms with Gasteiger partial charge in [-0.15, -0.1) is 0 Å². The first-order valence-electron chi connectivity index (χ1n) is 10.8. The summed E-state index contributed by atoms with van der Waals surface area (Å²) in [5, 5.41) is 8.72. The van der Waals surface area contributed by atoms with Crippen LogP contribution >= 0.6 is 0 Å². The number of hydrogen-bond acceptors (Lipinski definition) is 1. The summed E-state index contributed by atoms with van der Waals surface area (Å²) in [5.74, 6) is 0. The fourth-order valence-electron chi connectivity index (χ4n) is 3.28. The zero-order chi connectivity index (χ0) is 17.8. The molecule has 0 aliphatic rings. The van der Waals surface area contributed by atoms with Gasteiger partial charge in [-0.1, -0.05) is 120 Å².